The summed E-state index contributed by atoms with van der Waals surface area (Å²) >= 11 is 0. The van der Waals surface area contributed by atoms with Crippen LogP contribution >= 0.6 is 0 Å². The summed E-state index contributed by atoms with van der Waals surface area (Å²) in [5, 5.41) is 0. The van der Waals surface area contributed by atoms with E-state index in [1.807, 2.05) is 0 Å². The topological polar surface area (TPSA) is 70.8 Å². The van der Waals surface area contributed by atoms with E-state index in [2.05, 4.69) is 0 Å². The molecule has 1 unspecified atom stereocenters. The molecule has 5 nitrogen and oxygen atoms in total. The van der Waals surface area contributed by atoms with Crippen LogP contribution in [0.2, 0.25) is 0 Å². The van der Waals surface area contributed by atoms with Gasteiger partial charge in [-0.05, 0) is 38.0 Å². The predicted molar refractivity (Wildman–Crippen MR) is 71.3 cm³/mol. The van der Waals surface area contributed by atoms with Crippen LogP contribution in [0, 0.1) is 0 Å². The van der Waals surface area contributed by atoms with E-state index in [4.69, 9.17) is 19.9 Å². The van der Waals surface area contributed by atoms with Crippen LogP contribution in [-0.2, 0) is 9.47 Å². The predicted octanol–water partition coefficient (Wildman–Crippen LogP) is 2.00. The van der Waals surface area contributed by atoms with E-state index in [9.17, 15) is 4.79 Å². The number of hydrogen-bond donors (Lipinski definition) is 1. The Bertz CT molecular complexity index is 441. The molecule has 2 rings (SSSR count). The van der Waals surface area contributed by atoms with E-state index >= 15 is 0 Å². The molecule has 1 fully saturated rings. The van der Waals surface area contributed by atoms with Gasteiger partial charge in [0.05, 0.1) is 24.0 Å². The van der Waals surface area contributed by atoms with Crippen LogP contribution in [-0.4, -0.2) is 31.9 Å². The summed E-state index contributed by atoms with van der Waals surface area (Å²) in [6, 6.07) is 4.92. The Morgan fingerprint density at radius 2 is 2.37 bits per heavy atom. The van der Waals surface area contributed by atoms with Gasteiger partial charge in [-0.3, -0.25) is 0 Å². The van der Waals surface area contributed by atoms with Gasteiger partial charge in [0.2, 0.25) is 0 Å². The molecule has 104 valence electrons. The summed E-state index contributed by atoms with van der Waals surface area (Å²) in [4.78, 5) is 11.5. The van der Waals surface area contributed by atoms with Crippen molar-refractivity contribution in [2.75, 3.05) is 25.6 Å². The number of carbonyl (C=O) groups excluding carboxylic acids is 1. The first kappa shape index (κ1) is 13.7. The Balaban J connectivity index is 1.96. The monoisotopic (exact) mass is 265 g/mol. The first-order chi connectivity index (χ1) is 9.20. The van der Waals surface area contributed by atoms with Gasteiger partial charge in [-0.2, -0.15) is 0 Å². The van der Waals surface area contributed by atoms with Gasteiger partial charge in [-0.1, -0.05) is 0 Å². The van der Waals surface area contributed by atoms with Crippen LogP contribution in [0.3, 0.4) is 0 Å². The fourth-order valence-corrected chi connectivity index (χ4v) is 1.98. The van der Waals surface area contributed by atoms with Crippen LogP contribution in [0.15, 0.2) is 18.2 Å². The Kier molecular flexibility index (Phi) is 4.63. The highest BCUT2D eigenvalue weighted by molar-refractivity contribution is 5.91. The number of nitrogen functional groups attached to an aromatic ring is 1. The highest BCUT2D eigenvalue weighted by atomic mass is 16.5. The first-order valence-corrected chi connectivity index (χ1v) is 6.51. The van der Waals surface area contributed by atoms with Crippen molar-refractivity contribution in [2.45, 2.75) is 25.9 Å². The fourth-order valence-electron chi connectivity index (χ4n) is 1.98. The van der Waals surface area contributed by atoms with Crippen molar-refractivity contribution in [3.8, 4) is 5.75 Å². The molecule has 1 heterocycles. The zero-order valence-electron chi connectivity index (χ0n) is 11.1. The van der Waals surface area contributed by atoms with Crippen LogP contribution in [0.5, 0.6) is 5.75 Å². The summed E-state index contributed by atoms with van der Waals surface area (Å²) in [5.74, 6) is 0.198. The molecule has 1 aliphatic heterocycles. The first-order valence-electron chi connectivity index (χ1n) is 6.51. The second-order valence-corrected chi connectivity index (χ2v) is 4.42. The van der Waals surface area contributed by atoms with Crippen LogP contribution < -0.4 is 10.5 Å². The number of benzene rings is 1. The second kappa shape index (κ2) is 6.43. The normalized spacial score (nSPS) is 18.3. The molecule has 5 heteroatoms. The van der Waals surface area contributed by atoms with Gasteiger partial charge in [-0.25, -0.2) is 4.79 Å². The Hall–Kier alpha value is -1.75. The third-order valence-electron chi connectivity index (χ3n) is 2.97. The van der Waals surface area contributed by atoms with Gasteiger partial charge in [-0.15, -0.1) is 0 Å². The molecule has 1 saturated heterocycles. The third-order valence-corrected chi connectivity index (χ3v) is 2.97. The lowest BCUT2D eigenvalue weighted by Gasteiger charge is -2.13. The van der Waals surface area contributed by atoms with Gasteiger partial charge in [0, 0.05) is 6.61 Å². The van der Waals surface area contributed by atoms with Gasteiger partial charge < -0.3 is 19.9 Å². The molecule has 0 bridgehead atoms. The standard InChI is InChI=1S/C14H19NO4/c1-2-17-14(16)10-5-6-13(12(15)8-10)19-9-11-4-3-7-18-11/h5-6,8,11H,2-4,7,9,15H2,1H3. The van der Waals surface area contributed by atoms with Gasteiger partial charge >= 0.3 is 5.97 Å². The Morgan fingerprint density at radius 3 is 3.00 bits per heavy atom. The minimum atomic E-state index is -0.375. The van der Waals surface area contributed by atoms with Gasteiger partial charge in [0.1, 0.15) is 12.4 Å². The second-order valence-electron chi connectivity index (χ2n) is 4.42. The van der Waals surface area contributed by atoms with Crippen molar-refractivity contribution in [1.82, 2.24) is 0 Å². The minimum absolute atomic E-state index is 0.143. The molecular weight excluding hydrogens is 246 g/mol. The summed E-state index contributed by atoms with van der Waals surface area (Å²) in [6.07, 6.45) is 2.23. The summed E-state index contributed by atoms with van der Waals surface area (Å²) in [7, 11) is 0. The highest BCUT2D eigenvalue weighted by Gasteiger charge is 2.17. The molecule has 1 aromatic carbocycles. The lowest BCUT2D eigenvalue weighted by molar-refractivity contribution is 0.0526. The average molecular weight is 265 g/mol. The number of rotatable bonds is 5. The molecule has 1 aromatic rings. The fraction of sp³-hybridized carbons (Fsp3) is 0.500. The van der Waals surface area contributed by atoms with Crippen molar-refractivity contribution in [1.29, 1.82) is 0 Å². The number of esters is 1. The average Bonchev–Trinajstić information content (AvgIpc) is 2.90. The minimum Gasteiger partial charge on any atom is -0.489 e. The summed E-state index contributed by atoms with van der Waals surface area (Å²) < 4.78 is 16.0. The molecule has 1 aliphatic rings. The molecular formula is C14H19NO4. The molecule has 19 heavy (non-hydrogen) atoms. The number of anilines is 1. The maximum absolute atomic E-state index is 11.5. The number of nitrogens with two attached hydrogens (primary N) is 1. The molecule has 0 aliphatic carbocycles. The largest absolute Gasteiger partial charge is 0.489 e. The van der Waals surface area contributed by atoms with Gasteiger partial charge in [0.15, 0.2) is 0 Å². The smallest absolute Gasteiger partial charge is 0.338 e. The van der Waals surface area contributed by atoms with E-state index in [0.717, 1.165) is 19.4 Å². The van der Waals surface area contributed by atoms with Crippen molar-refractivity contribution >= 4 is 11.7 Å². The zero-order chi connectivity index (χ0) is 13.7. The quantitative estimate of drug-likeness (QED) is 0.651. The van der Waals surface area contributed by atoms with Crippen molar-refractivity contribution in [3.05, 3.63) is 23.8 Å². The molecule has 0 spiro atoms. The molecule has 2 N–H and O–H groups in total. The third kappa shape index (κ3) is 3.61. The van der Waals surface area contributed by atoms with Gasteiger partial charge in [0.25, 0.3) is 0 Å². The Labute approximate surface area is 112 Å². The molecule has 1 atom stereocenters. The molecule has 0 radical (unpaired) electrons. The SMILES string of the molecule is CCOC(=O)c1ccc(OCC2CCCO2)c(N)c1. The van der Waals surface area contributed by atoms with Crippen LogP contribution in [0.4, 0.5) is 5.69 Å². The lowest BCUT2D eigenvalue weighted by Crippen LogP contribution is -2.17. The number of ether oxygens (including phenoxy) is 3. The van der Waals surface area contributed by atoms with Crippen molar-refractivity contribution in [3.63, 3.8) is 0 Å². The zero-order valence-corrected chi connectivity index (χ0v) is 11.1. The van der Waals surface area contributed by atoms with E-state index < -0.39 is 0 Å². The number of carbonyl (C=O) groups is 1. The highest BCUT2D eigenvalue weighted by Crippen LogP contribution is 2.24. The number of hydrogen-bond acceptors (Lipinski definition) is 5. The van der Waals surface area contributed by atoms with Crippen molar-refractivity contribution < 1.29 is 19.0 Å². The van der Waals surface area contributed by atoms with Crippen LogP contribution in [0.25, 0.3) is 0 Å². The molecule has 0 saturated carbocycles. The van der Waals surface area contributed by atoms with E-state index in [-0.39, 0.29) is 12.1 Å². The van der Waals surface area contributed by atoms with Crippen LogP contribution in [0.1, 0.15) is 30.1 Å². The molecule has 0 aromatic heterocycles. The van der Waals surface area contributed by atoms with E-state index in [0.29, 0.717) is 30.2 Å². The summed E-state index contributed by atoms with van der Waals surface area (Å²) in [6.45, 7) is 3.39. The molecule has 0 amide bonds. The van der Waals surface area contributed by atoms with Crippen molar-refractivity contribution in [2.24, 2.45) is 0 Å². The summed E-state index contributed by atoms with van der Waals surface area (Å²) in [5.41, 5.74) is 6.73. The maximum Gasteiger partial charge on any atom is 0.338 e. The van der Waals surface area contributed by atoms with E-state index in [1.54, 1.807) is 25.1 Å². The Morgan fingerprint density at radius 1 is 1.53 bits per heavy atom. The van der Waals surface area contributed by atoms with E-state index in [1.165, 1.54) is 0 Å². The lowest BCUT2D eigenvalue weighted by atomic mass is 10.2. The maximum atomic E-state index is 11.5.